The highest BCUT2D eigenvalue weighted by Gasteiger charge is 2.24. The molecule has 22 heavy (non-hydrogen) atoms. The van der Waals surface area contributed by atoms with E-state index in [0.717, 1.165) is 6.42 Å². The lowest BCUT2D eigenvalue weighted by atomic mass is 9.99. The first kappa shape index (κ1) is 15.8. The van der Waals surface area contributed by atoms with Crippen LogP contribution in [0, 0.1) is 5.92 Å². The third-order valence-electron chi connectivity index (χ3n) is 3.36. The largest absolute Gasteiger partial charge is 0.480 e. The van der Waals surface area contributed by atoms with Crippen molar-refractivity contribution in [3.63, 3.8) is 0 Å². The zero-order valence-electron chi connectivity index (χ0n) is 12.6. The average molecular weight is 301 g/mol. The summed E-state index contributed by atoms with van der Waals surface area (Å²) >= 11 is 0. The fraction of sp³-hybridized carbons (Fsp3) is 0.312. The second kappa shape index (κ2) is 7.40. The fourth-order valence-electron chi connectivity index (χ4n) is 1.90. The number of hydrogen-bond acceptors (Lipinski definition) is 5. The molecule has 0 aliphatic rings. The number of para-hydroxylation sites is 1. The Balaban J connectivity index is 2.12. The van der Waals surface area contributed by atoms with E-state index in [-0.39, 0.29) is 11.9 Å². The summed E-state index contributed by atoms with van der Waals surface area (Å²) in [6.45, 7) is 3.81. The van der Waals surface area contributed by atoms with Gasteiger partial charge in [-0.3, -0.25) is 0 Å². The van der Waals surface area contributed by atoms with Crippen molar-refractivity contribution in [3.8, 4) is 11.6 Å². The van der Waals surface area contributed by atoms with Crippen LogP contribution in [0.15, 0.2) is 42.6 Å². The first-order chi connectivity index (χ1) is 10.6. The van der Waals surface area contributed by atoms with Crippen molar-refractivity contribution in [2.75, 3.05) is 5.32 Å². The molecule has 2 rings (SSSR count). The SMILES string of the molecule is CC[C@H](C)[C@H](Nc1nccc(Oc2ccccc2)n1)C(=O)O. The monoisotopic (exact) mass is 301 g/mol. The number of nitrogens with one attached hydrogen (secondary N) is 1. The van der Waals surface area contributed by atoms with Gasteiger partial charge in [-0.1, -0.05) is 38.5 Å². The number of aromatic nitrogens is 2. The van der Waals surface area contributed by atoms with Crippen molar-refractivity contribution in [1.82, 2.24) is 9.97 Å². The molecule has 0 saturated heterocycles. The van der Waals surface area contributed by atoms with Gasteiger partial charge in [0.05, 0.1) is 0 Å². The topological polar surface area (TPSA) is 84.3 Å². The number of aliphatic carboxylic acids is 1. The molecular formula is C16H19N3O3. The summed E-state index contributed by atoms with van der Waals surface area (Å²) in [5.41, 5.74) is 0. The number of nitrogens with zero attached hydrogens (tertiary/aromatic N) is 2. The van der Waals surface area contributed by atoms with E-state index >= 15 is 0 Å². The van der Waals surface area contributed by atoms with Crippen LogP contribution in [0.3, 0.4) is 0 Å². The quantitative estimate of drug-likeness (QED) is 0.817. The molecule has 0 radical (unpaired) electrons. The van der Waals surface area contributed by atoms with Crippen LogP contribution >= 0.6 is 0 Å². The number of ether oxygens (including phenoxy) is 1. The number of rotatable bonds is 7. The molecule has 0 aliphatic carbocycles. The predicted molar refractivity (Wildman–Crippen MR) is 83.0 cm³/mol. The molecule has 0 bridgehead atoms. The molecule has 6 nitrogen and oxygen atoms in total. The zero-order valence-corrected chi connectivity index (χ0v) is 12.6. The molecule has 0 fully saturated rings. The third-order valence-corrected chi connectivity index (χ3v) is 3.36. The van der Waals surface area contributed by atoms with Gasteiger partial charge in [0.2, 0.25) is 11.8 Å². The molecule has 0 aliphatic heterocycles. The van der Waals surface area contributed by atoms with Crippen molar-refractivity contribution >= 4 is 11.9 Å². The van der Waals surface area contributed by atoms with Crippen molar-refractivity contribution < 1.29 is 14.6 Å². The van der Waals surface area contributed by atoms with Gasteiger partial charge in [0, 0.05) is 12.3 Å². The number of benzene rings is 1. The van der Waals surface area contributed by atoms with Gasteiger partial charge in [-0.05, 0) is 18.1 Å². The number of anilines is 1. The lowest BCUT2D eigenvalue weighted by Gasteiger charge is -2.20. The molecule has 1 heterocycles. The highest BCUT2D eigenvalue weighted by atomic mass is 16.5. The second-order valence-corrected chi connectivity index (χ2v) is 4.98. The highest BCUT2D eigenvalue weighted by Crippen LogP contribution is 2.20. The van der Waals surface area contributed by atoms with Crippen LogP contribution in [0.1, 0.15) is 20.3 Å². The maximum Gasteiger partial charge on any atom is 0.326 e. The van der Waals surface area contributed by atoms with Gasteiger partial charge in [-0.25, -0.2) is 9.78 Å². The van der Waals surface area contributed by atoms with Crippen molar-refractivity contribution in [3.05, 3.63) is 42.6 Å². The molecule has 0 amide bonds. The van der Waals surface area contributed by atoms with Gasteiger partial charge < -0.3 is 15.2 Å². The van der Waals surface area contributed by atoms with Crippen LogP contribution in [-0.4, -0.2) is 27.1 Å². The third kappa shape index (κ3) is 4.18. The first-order valence-electron chi connectivity index (χ1n) is 7.15. The minimum absolute atomic E-state index is 0.0419. The van der Waals surface area contributed by atoms with Crippen molar-refractivity contribution in [1.29, 1.82) is 0 Å². The molecule has 2 aromatic rings. The maximum absolute atomic E-state index is 11.3. The summed E-state index contributed by atoms with van der Waals surface area (Å²) in [5.74, 6) is 0.286. The van der Waals surface area contributed by atoms with Crippen LogP contribution in [0.2, 0.25) is 0 Å². The van der Waals surface area contributed by atoms with Crippen molar-refractivity contribution in [2.24, 2.45) is 5.92 Å². The Bertz CT molecular complexity index is 619. The number of carboxylic acid groups (broad SMARTS) is 1. The predicted octanol–water partition coefficient (Wildman–Crippen LogP) is 3.18. The molecule has 1 aromatic heterocycles. The summed E-state index contributed by atoms with van der Waals surface area (Å²) < 4.78 is 5.61. The van der Waals surface area contributed by atoms with Gasteiger partial charge in [-0.2, -0.15) is 4.98 Å². The lowest BCUT2D eigenvalue weighted by molar-refractivity contribution is -0.139. The minimum atomic E-state index is -0.924. The summed E-state index contributed by atoms with van der Waals surface area (Å²) in [7, 11) is 0. The van der Waals surface area contributed by atoms with E-state index in [9.17, 15) is 9.90 Å². The number of carbonyl (C=O) groups is 1. The van der Waals surface area contributed by atoms with E-state index < -0.39 is 12.0 Å². The maximum atomic E-state index is 11.3. The smallest absolute Gasteiger partial charge is 0.326 e. The zero-order chi connectivity index (χ0) is 15.9. The Morgan fingerprint density at radius 3 is 2.68 bits per heavy atom. The van der Waals surface area contributed by atoms with E-state index in [0.29, 0.717) is 11.6 Å². The van der Waals surface area contributed by atoms with Crippen LogP contribution in [0.5, 0.6) is 11.6 Å². The first-order valence-corrected chi connectivity index (χ1v) is 7.15. The average Bonchev–Trinajstić information content (AvgIpc) is 2.53. The Hall–Kier alpha value is -2.63. The van der Waals surface area contributed by atoms with Crippen LogP contribution < -0.4 is 10.1 Å². The molecule has 1 aromatic carbocycles. The summed E-state index contributed by atoms with van der Waals surface area (Å²) in [6.07, 6.45) is 2.27. The van der Waals surface area contributed by atoms with Gasteiger partial charge in [0.15, 0.2) is 0 Å². The molecule has 2 N–H and O–H groups in total. The molecule has 0 spiro atoms. The Morgan fingerprint density at radius 2 is 2.05 bits per heavy atom. The molecule has 6 heteroatoms. The Morgan fingerprint density at radius 1 is 1.32 bits per heavy atom. The van der Waals surface area contributed by atoms with Gasteiger partial charge in [0.25, 0.3) is 0 Å². The van der Waals surface area contributed by atoms with E-state index in [2.05, 4.69) is 15.3 Å². The van der Waals surface area contributed by atoms with E-state index in [1.54, 1.807) is 6.07 Å². The number of hydrogen-bond donors (Lipinski definition) is 2. The Kier molecular flexibility index (Phi) is 5.30. The molecular weight excluding hydrogens is 282 g/mol. The molecule has 2 atom stereocenters. The lowest BCUT2D eigenvalue weighted by Crippen LogP contribution is -2.36. The summed E-state index contributed by atoms with van der Waals surface area (Å²) in [4.78, 5) is 19.6. The summed E-state index contributed by atoms with van der Waals surface area (Å²) in [5, 5.41) is 12.1. The van der Waals surface area contributed by atoms with Gasteiger partial charge >= 0.3 is 5.97 Å². The van der Waals surface area contributed by atoms with E-state index in [1.807, 2.05) is 44.2 Å². The molecule has 116 valence electrons. The van der Waals surface area contributed by atoms with Crippen LogP contribution in [-0.2, 0) is 4.79 Å². The van der Waals surface area contributed by atoms with E-state index in [4.69, 9.17) is 4.74 Å². The molecule has 0 saturated carbocycles. The minimum Gasteiger partial charge on any atom is -0.480 e. The van der Waals surface area contributed by atoms with Gasteiger partial charge in [-0.15, -0.1) is 0 Å². The second-order valence-electron chi connectivity index (χ2n) is 4.98. The number of carboxylic acids is 1. The van der Waals surface area contributed by atoms with E-state index in [1.165, 1.54) is 6.20 Å². The summed E-state index contributed by atoms with van der Waals surface area (Å²) in [6, 6.07) is 10.1. The molecule has 0 unspecified atom stereocenters. The standard InChI is InChI=1S/C16H19N3O3/c1-3-11(2)14(15(20)21)19-16-17-10-9-13(18-16)22-12-7-5-4-6-8-12/h4-11,14H,3H2,1-2H3,(H,20,21)(H,17,18,19)/t11-,14-/m0/s1. The van der Waals surface area contributed by atoms with Crippen molar-refractivity contribution in [2.45, 2.75) is 26.3 Å². The van der Waals surface area contributed by atoms with Crippen LogP contribution in [0.4, 0.5) is 5.95 Å². The van der Waals surface area contributed by atoms with Gasteiger partial charge in [0.1, 0.15) is 11.8 Å². The van der Waals surface area contributed by atoms with Crippen LogP contribution in [0.25, 0.3) is 0 Å². The normalized spacial score (nSPS) is 13.2. The highest BCUT2D eigenvalue weighted by molar-refractivity contribution is 5.76. The fourth-order valence-corrected chi connectivity index (χ4v) is 1.90. The Labute approximate surface area is 129 Å².